The smallest absolute Gasteiger partial charge is 0.243 e. The van der Waals surface area contributed by atoms with E-state index in [-0.39, 0.29) is 10.8 Å². The third kappa shape index (κ3) is 3.49. The van der Waals surface area contributed by atoms with Gasteiger partial charge in [0.05, 0.1) is 6.61 Å². The highest BCUT2D eigenvalue weighted by Crippen LogP contribution is 2.19. The molecule has 0 atom stereocenters. The molecule has 1 heterocycles. The summed E-state index contributed by atoms with van der Waals surface area (Å²) in [6, 6.07) is 2.87. The number of primary sulfonamides is 1. The van der Waals surface area contributed by atoms with Crippen LogP contribution in [0.15, 0.2) is 23.2 Å². The van der Waals surface area contributed by atoms with E-state index in [1.165, 1.54) is 18.3 Å². The number of pyridine rings is 1. The van der Waals surface area contributed by atoms with Crippen LogP contribution in [0.3, 0.4) is 0 Å². The number of hydrogen-bond donors (Lipinski definition) is 1. The van der Waals surface area contributed by atoms with E-state index in [1.54, 1.807) is 0 Å². The highest BCUT2D eigenvalue weighted by Gasteiger charge is 2.15. The van der Waals surface area contributed by atoms with E-state index in [1.807, 2.05) is 13.8 Å². The van der Waals surface area contributed by atoms with Crippen LogP contribution < -0.4 is 9.88 Å². The van der Waals surface area contributed by atoms with E-state index in [0.29, 0.717) is 12.5 Å². The molecule has 2 N–H and O–H groups in total. The summed E-state index contributed by atoms with van der Waals surface area (Å²) in [5, 5.41) is 5.02. The van der Waals surface area contributed by atoms with Crippen LogP contribution in [0.5, 0.6) is 5.88 Å². The molecule has 1 aromatic heterocycles. The van der Waals surface area contributed by atoms with Crippen molar-refractivity contribution in [3.63, 3.8) is 0 Å². The van der Waals surface area contributed by atoms with E-state index in [9.17, 15) is 8.42 Å². The molecule has 5 nitrogen and oxygen atoms in total. The maximum Gasteiger partial charge on any atom is 0.243 e. The average Bonchev–Trinajstić information content (AvgIpc) is 2.13. The van der Waals surface area contributed by atoms with E-state index in [4.69, 9.17) is 9.88 Å². The van der Waals surface area contributed by atoms with Crippen LogP contribution in [-0.4, -0.2) is 20.0 Å². The minimum atomic E-state index is -3.77. The van der Waals surface area contributed by atoms with Gasteiger partial charge in [0.2, 0.25) is 15.9 Å². The molecule has 1 rings (SSSR count). The van der Waals surface area contributed by atoms with E-state index < -0.39 is 10.0 Å². The van der Waals surface area contributed by atoms with Crippen LogP contribution in [0, 0.1) is 5.92 Å². The first-order chi connectivity index (χ1) is 6.91. The average molecular weight is 230 g/mol. The van der Waals surface area contributed by atoms with Crippen LogP contribution in [0.1, 0.15) is 13.8 Å². The first-order valence-corrected chi connectivity index (χ1v) is 6.06. The van der Waals surface area contributed by atoms with E-state index >= 15 is 0 Å². The zero-order valence-corrected chi connectivity index (χ0v) is 9.49. The van der Waals surface area contributed by atoms with E-state index in [0.717, 1.165) is 0 Å². The molecule has 0 aliphatic heterocycles. The fourth-order valence-electron chi connectivity index (χ4n) is 0.947. The summed E-state index contributed by atoms with van der Waals surface area (Å²) in [5.74, 6) is 0.356. The van der Waals surface area contributed by atoms with E-state index in [2.05, 4.69) is 4.98 Å². The predicted octanol–water partition coefficient (Wildman–Crippen LogP) is 0.764. The molecule has 0 bridgehead atoms. The largest absolute Gasteiger partial charge is 0.476 e. The molecule has 0 radical (unpaired) electrons. The maximum atomic E-state index is 11.2. The lowest BCUT2D eigenvalue weighted by atomic mass is 10.2. The van der Waals surface area contributed by atoms with Gasteiger partial charge < -0.3 is 4.74 Å². The summed E-state index contributed by atoms with van der Waals surface area (Å²) < 4.78 is 27.6. The number of hydrogen-bond acceptors (Lipinski definition) is 4. The van der Waals surface area contributed by atoms with Gasteiger partial charge >= 0.3 is 0 Å². The van der Waals surface area contributed by atoms with Gasteiger partial charge in [0, 0.05) is 6.20 Å². The zero-order chi connectivity index (χ0) is 11.5. The summed E-state index contributed by atoms with van der Waals surface area (Å²) in [6.45, 7) is 4.32. The Bertz CT molecular complexity index is 429. The lowest BCUT2D eigenvalue weighted by molar-refractivity contribution is 0.254. The molecule has 0 unspecified atom stereocenters. The molecule has 0 aliphatic carbocycles. The molecule has 0 aliphatic rings. The van der Waals surface area contributed by atoms with Crippen LogP contribution in [-0.2, 0) is 10.0 Å². The fourth-order valence-corrected chi connectivity index (χ4v) is 1.57. The third-order valence-electron chi connectivity index (χ3n) is 1.60. The van der Waals surface area contributed by atoms with Gasteiger partial charge in [-0.05, 0) is 18.1 Å². The molecule has 0 spiro atoms. The number of rotatable bonds is 4. The van der Waals surface area contributed by atoms with Crippen LogP contribution in [0.2, 0.25) is 0 Å². The molecule has 0 fully saturated rings. The molecule has 0 saturated carbocycles. The standard InChI is InChI=1S/C9H14N2O3S/c1-7(2)6-14-9-8(15(10,12)13)4-3-5-11-9/h3-5,7H,6H2,1-2H3,(H2,10,12,13). The Morgan fingerprint density at radius 2 is 2.20 bits per heavy atom. The Hall–Kier alpha value is -1.14. The van der Waals surface area contributed by atoms with Crippen molar-refractivity contribution in [1.82, 2.24) is 4.98 Å². The number of nitrogens with zero attached hydrogens (tertiary/aromatic N) is 1. The Morgan fingerprint density at radius 3 is 2.73 bits per heavy atom. The van der Waals surface area contributed by atoms with Crippen molar-refractivity contribution in [2.75, 3.05) is 6.61 Å². The first-order valence-electron chi connectivity index (χ1n) is 4.52. The summed E-state index contributed by atoms with van der Waals surface area (Å²) in [6.07, 6.45) is 1.46. The number of ether oxygens (including phenoxy) is 1. The fraction of sp³-hybridized carbons (Fsp3) is 0.444. The van der Waals surface area contributed by atoms with Crippen molar-refractivity contribution >= 4 is 10.0 Å². The van der Waals surface area contributed by atoms with Crippen molar-refractivity contribution in [2.45, 2.75) is 18.7 Å². The van der Waals surface area contributed by atoms with Gasteiger partial charge in [-0.3, -0.25) is 0 Å². The monoisotopic (exact) mass is 230 g/mol. The quantitative estimate of drug-likeness (QED) is 0.828. The van der Waals surface area contributed by atoms with Gasteiger partial charge in [-0.2, -0.15) is 0 Å². The van der Waals surface area contributed by atoms with Crippen LogP contribution in [0.4, 0.5) is 0 Å². The van der Waals surface area contributed by atoms with Crippen LogP contribution >= 0.6 is 0 Å². The second kappa shape index (κ2) is 4.59. The summed E-state index contributed by atoms with van der Waals surface area (Å²) in [5.41, 5.74) is 0. The number of aromatic nitrogens is 1. The molecule has 15 heavy (non-hydrogen) atoms. The highest BCUT2D eigenvalue weighted by atomic mass is 32.2. The van der Waals surface area contributed by atoms with Gasteiger partial charge in [-0.15, -0.1) is 0 Å². The second-order valence-corrected chi connectivity index (χ2v) is 5.09. The van der Waals surface area contributed by atoms with Crippen LogP contribution in [0.25, 0.3) is 0 Å². The van der Waals surface area contributed by atoms with Crippen molar-refractivity contribution in [1.29, 1.82) is 0 Å². The second-order valence-electron chi connectivity index (χ2n) is 3.56. The molecule has 0 aromatic carbocycles. The van der Waals surface area contributed by atoms with Gasteiger partial charge in [-0.1, -0.05) is 13.8 Å². The molecule has 1 aromatic rings. The SMILES string of the molecule is CC(C)COc1ncccc1S(N)(=O)=O. The predicted molar refractivity (Wildman–Crippen MR) is 55.9 cm³/mol. The number of nitrogens with two attached hydrogens (primary N) is 1. The van der Waals surface area contributed by atoms with Crippen molar-refractivity contribution in [3.8, 4) is 5.88 Å². The topological polar surface area (TPSA) is 82.3 Å². The summed E-state index contributed by atoms with van der Waals surface area (Å²) in [7, 11) is -3.77. The maximum absolute atomic E-state index is 11.2. The van der Waals surface area contributed by atoms with Gasteiger partial charge in [0.25, 0.3) is 0 Å². The molecule has 0 amide bonds. The normalized spacial score (nSPS) is 11.7. The third-order valence-corrected chi connectivity index (χ3v) is 2.52. The first kappa shape index (κ1) is 11.9. The van der Waals surface area contributed by atoms with Gasteiger partial charge in [0.1, 0.15) is 4.90 Å². The Balaban J connectivity index is 2.98. The zero-order valence-electron chi connectivity index (χ0n) is 8.67. The minimum absolute atomic E-state index is 0.0636. The Labute approximate surface area is 89.3 Å². The van der Waals surface area contributed by atoms with Crippen molar-refractivity contribution < 1.29 is 13.2 Å². The minimum Gasteiger partial charge on any atom is -0.476 e. The summed E-state index contributed by atoms with van der Waals surface area (Å²) >= 11 is 0. The summed E-state index contributed by atoms with van der Waals surface area (Å²) in [4.78, 5) is 3.76. The highest BCUT2D eigenvalue weighted by molar-refractivity contribution is 7.89. The lowest BCUT2D eigenvalue weighted by Crippen LogP contribution is -2.15. The number of sulfonamides is 1. The van der Waals surface area contributed by atoms with Crippen molar-refractivity contribution in [2.24, 2.45) is 11.1 Å². The Kier molecular flexibility index (Phi) is 3.65. The molecular formula is C9H14N2O3S. The molecule has 0 saturated heterocycles. The van der Waals surface area contributed by atoms with Gasteiger partial charge in [-0.25, -0.2) is 18.5 Å². The molecular weight excluding hydrogens is 216 g/mol. The van der Waals surface area contributed by atoms with Gasteiger partial charge in [0.15, 0.2) is 0 Å². The van der Waals surface area contributed by atoms with Crippen molar-refractivity contribution in [3.05, 3.63) is 18.3 Å². The lowest BCUT2D eigenvalue weighted by Gasteiger charge is -2.10. The molecule has 6 heteroatoms. The Morgan fingerprint density at radius 1 is 1.53 bits per heavy atom. The molecule has 84 valence electrons.